The molecule has 6 aromatic rings. The third kappa shape index (κ3) is 10.7. The molecule has 1 N–H and O–H groups in total. The van der Waals surface area contributed by atoms with E-state index >= 15 is 0 Å². The molecule has 4 aromatic heterocycles. The number of benzene rings is 2. The third-order valence-corrected chi connectivity index (χ3v) is 10.9. The number of aryl methyl sites for hydroxylation is 6. The van der Waals surface area contributed by atoms with E-state index < -0.39 is 11.8 Å². The van der Waals surface area contributed by atoms with Crippen LogP contribution in [0.5, 0.6) is 0 Å². The number of esters is 1. The number of hydrogen-bond donors (Lipinski definition) is 1. The standard InChI is InChI=1S/C19H20BrFN4O2.C17H17BrFIN4.CH4O.CO/c1-5-15-18(20)17(24(3)23-15)10-13-8-11(2)22-25(13)16-7-6-12(21)9-14(16)19(26)27-4;1-4-14-17(18)16(23(3)22-14)9-12-7-10(2)21-24(12)15-6-5-11(19)8-13(15)20;2*1-2/h6-9H,5,10H2,1-4H3;5-8H,4,9H2,1-3H3;2H,1H3;. The van der Waals surface area contributed by atoms with Gasteiger partial charge >= 0.3 is 17.3 Å². The number of rotatable bonds is 9. The van der Waals surface area contributed by atoms with E-state index in [1.165, 1.54) is 31.4 Å². The van der Waals surface area contributed by atoms with Crippen LogP contribution in [0.4, 0.5) is 8.78 Å². The van der Waals surface area contributed by atoms with Gasteiger partial charge in [0.1, 0.15) is 11.6 Å². The zero-order chi connectivity index (χ0) is 41.1. The number of hydrogen-bond acceptors (Lipinski definition) is 7. The maximum atomic E-state index is 13.7. The van der Waals surface area contributed by atoms with Crippen molar-refractivity contribution in [2.75, 3.05) is 14.2 Å². The Bertz CT molecular complexity index is 2280. The number of aliphatic hydroxyl groups excluding tert-OH is 1. The van der Waals surface area contributed by atoms with Gasteiger partial charge in [-0.15, -0.1) is 0 Å². The number of aliphatic hydroxyl groups is 1. The van der Waals surface area contributed by atoms with Crippen LogP contribution in [0.2, 0.25) is 0 Å². The Morgan fingerprint density at radius 1 is 0.782 bits per heavy atom. The quantitative estimate of drug-likeness (QED) is 0.0673. The summed E-state index contributed by atoms with van der Waals surface area (Å²) in [5.74, 6) is -1.36. The average Bonchev–Trinajstić information content (AvgIpc) is 3.89. The van der Waals surface area contributed by atoms with Gasteiger partial charge in [-0.3, -0.25) is 9.36 Å². The molecule has 0 saturated heterocycles. The molecule has 55 heavy (non-hydrogen) atoms. The Labute approximate surface area is 349 Å². The topological polar surface area (TPSA) is 138 Å². The van der Waals surface area contributed by atoms with Crippen molar-refractivity contribution in [3.8, 4) is 11.4 Å². The molecule has 0 amide bonds. The molecule has 0 aliphatic rings. The Morgan fingerprint density at radius 2 is 1.20 bits per heavy atom. The summed E-state index contributed by atoms with van der Waals surface area (Å²) < 4.78 is 49.6. The molecule has 4 heterocycles. The van der Waals surface area contributed by atoms with Gasteiger partial charge < -0.3 is 9.84 Å². The van der Waals surface area contributed by atoms with Gasteiger partial charge in [-0.2, -0.15) is 20.4 Å². The predicted molar refractivity (Wildman–Crippen MR) is 219 cm³/mol. The maximum absolute atomic E-state index is 13.7. The summed E-state index contributed by atoms with van der Waals surface area (Å²) in [5, 5.41) is 25.2. The van der Waals surface area contributed by atoms with Crippen molar-refractivity contribution in [3.63, 3.8) is 0 Å². The fourth-order valence-electron chi connectivity index (χ4n) is 5.76. The van der Waals surface area contributed by atoms with Crippen LogP contribution >= 0.6 is 54.5 Å². The number of carbonyl (C=O) groups is 1. The zero-order valence-corrected chi connectivity index (χ0v) is 36.9. The summed E-state index contributed by atoms with van der Waals surface area (Å²) >= 11 is 9.44. The van der Waals surface area contributed by atoms with Crippen molar-refractivity contribution in [1.29, 1.82) is 0 Å². The Balaban J connectivity index is 0.000000272. The van der Waals surface area contributed by atoms with Gasteiger partial charge in [-0.25, -0.2) is 22.9 Å². The Morgan fingerprint density at radius 3 is 1.60 bits per heavy atom. The van der Waals surface area contributed by atoms with Crippen molar-refractivity contribution >= 4 is 60.4 Å². The Hall–Kier alpha value is -4.00. The summed E-state index contributed by atoms with van der Waals surface area (Å²) in [5.41, 5.74) is 9.23. The van der Waals surface area contributed by atoms with Gasteiger partial charge in [0.15, 0.2) is 0 Å². The number of halogens is 5. The van der Waals surface area contributed by atoms with E-state index in [-0.39, 0.29) is 11.4 Å². The molecule has 0 atom stereocenters. The van der Waals surface area contributed by atoms with E-state index in [1.54, 1.807) is 10.7 Å². The first-order valence-electron chi connectivity index (χ1n) is 16.8. The summed E-state index contributed by atoms with van der Waals surface area (Å²) in [4.78, 5) is 12.1. The minimum absolute atomic E-state index is 0.125. The van der Waals surface area contributed by atoms with Gasteiger partial charge in [-0.1, -0.05) is 13.8 Å². The minimum atomic E-state index is -0.612. The monoisotopic (exact) mass is 996 g/mol. The SMILES string of the molecule is CCc1nn(C)c(Cc2cc(C)nn2-c2ccc(F)cc2C(=O)OC)c1Br.CCc1nn(C)c(Cc2cc(C)nn2-c2ccc(F)cc2I)c1Br.CO.[C-]#[O+]. The van der Waals surface area contributed by atoms with Gasteiger partial charge in [0, 0.05) is 37.6 Å². The van der Waals surface area contributed by atoms with Crippen LogP contribution in [0.25, 0.3) is 11.4 Å². The molecular formula is C38H41Br2F2IN8O4. The fourth-order valence-corrected chi connectivity index (χ4v) is 7.98. The van der Waals surface area contributed by atoms with Crippen LogP contribution in [-0.2, 0) is 49.2 Å². The number of aromatic nitrogens is 8. The van der Waals surface area contributed by atoms with Crippen molar-refractivity contribution < 1.29 is 28.1 Å². The molecule has 0 bridgehead atoms. The van der Waals surface area contributed by atoms with Crippen LogP contribution in [0.15, 0.2) is 57.5 Å². The predicted octanol–water partition coefficient (Wildman–Crippen LogP) is 7.90. The first-order valence-corrected chi connectivity index (χ1v) is 19.4. The normalized spacial score (nSPS) is 10.5. The molecule has 2 aromatic carbocycles. The molecule has 292 valence electrons. The van der Waals surface area contributed by atoms with Crippen LogP contribution < -0.4 is 0 Å². The molecule has 12 nitrogen and oxygen atoms in total. The molecule has 0 aliphatic carbocycles. The van der Waals surface area contributed by atoms with Gasteiger partial charge in [0.2, 0.25) is 0 Å². The molecular weight excluding hydrogens is 957 g/mol. The van der Waals surface area contributed by atoms with Gasteiger partial charge in [-0.05, 0) is 130 Å². The third-order valence-electron chi connectivity index (χ3n) is 8.24. The van der Waals surface area contributed by atoms with Crippen LogP contribution in [0, 0.1) is 35.7 Å². The van der Waals surface area contributed by atoms with Crippen molar-refractivity contribution in [2.24, 2.45) is 14.1 Å². The van der Waals surface area contributed by atoms with Crippen molar-refractivity contribution in [2.45, 2.75) is 53.4 Å². The number of ether oxygens (including phenoxy) is 1. The molecule has 0 aliphatic heterocycles. The molecule has 0 unspecified atom stereocenters. The molecule has 6 rings (SSSR count). The first kappa shape index (κ1) is 45.4. The summed E-state index contributed by atoms with van der Waals surface area (Å²) in [7, 11) is 6.12. The molecule has 0 fully saturated rings. The van der Waals surface area contributed by atoms with E-state index in [0.29, 0.717) is 18.5 Å². The second kappa shape index (κ2) is 20.8. The van der Waals surface area contributed by atoms with Gasteiger partial charge in [0.25, 0.3) is 0 Å². The van der Waals surface area contributed by atoms with Gasteiger partial charge in [0.05, 0.1) is 78.5 Å². The van der Waals surface area contributed by atoms with E-state index in [0.717, 1.165) is 89.8 Å². The second-order valence-corrected chi connectivity index (χ2v) is 14.6. The Kier molecular flexibility index (Phi) is 17.2. The zero-order valence-electron chi connectivity index (χ0n) is 31.6. The molecule has 17 heteroatoms. The van der Waals surface area contributed by atoms with Crippen molar-refractivity contribution in [3.05, 3.63) is 130 Å². The molecule has 0 radical (unpaired) electrons. The van der Waals surface area contributed by atoms with E-state index in [2.05, 4.69) is 94.5 Å². The summed E-state index contributed by atoms with van der Waals surface area (Å²) in [6.45, 7) is 12.5. The van der Waals surface area contributed by atoms with E-state index in [4.69, 9.17) is 14.5 Å². The van der Waals surface area contributed by atoms with Crippen LogP contribution in [0.3, 0.4) is 0 Å². The average molecular weight is 999 g/mol. The molecule has 0 spiro atoms. The number of nitrogens with zero attached hydrogens (tertiary/aromatic N) is 8. The fraction of sp³-hybridized carbons (Fsp3) is 0.316. The van der Waals surface area contributed by atoms with Crippen molar-refractivity contribution in [1.82, 2.24) is 39.1 Å². The number of methoxy groups -OCH3 is 1. The number of carbonyl (C=O) groups excluding carboxylic acids is 1. The van der Waals surface area contributed by atoms with E-state index in [1.807, 2.05) is 55.0 Å². The van der Waals surface area contributed by atoms with Crippen LogP contribution in [-0.4, -0.2) is 64.4 Å². The second-order valence-electron chi connectivity index (χ2n) is 11.8. The summed E-state index contributed by atoms with van der Waals surface area (Å²) in [6.07, 6.45) is 2.93. The van der Waals surface area contributed by atoms with E-state index in [9.17, 15) is 13.6 Å². The first-order chi connectivity index (χ1) is 26.3. The summed E-state index contributed by atoms with van der Waals surface area (Å²) in [6, 6.07) is 12.8. The van der Waals surface area contributed by atoms with Crippen LogP contribution in [0.1, 0.15) is 69.8 Å². The molecule has 0 saturated carbocycles.